The van der Waals surface area contributed by atoms with E-state index in [-0.39, 0.29) is 12.2 Å². The van der Waals surface area contributed by atoms with Crippen LogP contribution in [0.4, 0.5) is 4.39 Å². The largest absolute Gasteiger partial charge is 0.384 e. The number of aromatic amines is 1. The van der Waals surface area contributed by atoms with Crippen LogP contribution in [0.5, 0.6) is 0 Å². The van der Waals surface area contributed by atoms with Crippen LogP contribution >= 0.6 is 0 Å². The Morgan fingerprint density at radius 1 is 1.33 bits per heavy atom. The zero-order chi connectivity index (χ0) is 15.5. The van der Waals surface area contributed by atoms with Crippen LogP contribution in [0.15, 0.2) is 36.4 Å². The van der Waals surface area contributed by atoms with E-state index < -0.39 is 17.3 Å². The van der Waals surface area contributed by atoms with Crippen LogP contribution in [0.3, 0.4) is 0 Å². The molecule has 6 heteroatoms. The fourth-order valence-corrected chi connectivity index (χ4v) is 1.87. The highest BCUT2D eigenvalue weighted by atomic mass is 19.1. The maximum Gasteiger partial charge on any atom is 0.267 e. The Hall–Kier alpha value is -2.47. The first-order chi connectivity index (χ1) is 9.92. The molecular weight excluding hydrogens is 275 g/mol. The zero-order valence-electron chi connectivity index (χ0n) is 11.4. The van der Waals surface area contributed by atoms with Crippen LogP contribution in [0.2, 0.25) is 0 Å². The van der Waals surface area contributed by atoms with Gasteiger partial charge in [0.15, 0.2) is 6.29 Å². The number of H-pyrrole nitrogens is 1. The number of hydrogen-bond donors (Lipinski definition) is 3. The fourth-order valence-electron chi connectivity index (χ4n) is 1.87. The summed E-state index contributed by atoms with van der Waals surface area (Å²) >= 11 is 0. The second-order valence-corrected chi connectivity index (χ2v) is 4.91. The smallest absolute Gasteiger partial charge is 0.267 e. The van der Waals surface area contributed by atoms with Gasteiger partial charge in [-0.25, -0.2) is 4.39 Å². The molecule has 1 unspecified atom stereocenters. The molecule has 0 bridgehead atoms. The van der Waals surface area contributed by atoms with Gasteiger partial charge in [-0.1, -0.05) is 12.1 Å². The van der Waals surface area contributed by atoms with Gasteiger partial charge in [0.05, 0.1) is 12.2 Å². The number of carbonyl (C=O) groups is 2. The second-order valence-electron chi connectivity index (χ2n) is 4.91. The van der Waals surface area contributed by atoms with E-state index >= 15 is 0 Å². The molecule has 0 aliphatic carbocycles. The number of rotatable bonds is 5. The highest BCUT2D eigenvalue weighted by Gasteiger charge is 2.24. The van der Waals surface area contributed by atoms with Gasteiger partial charge in [0, 0.05) is 0 Å². The molecule has 0 saturated carbocycles. The monoisotopic (exact) mass is 290 g/mol. The van der Waals surface area contributed by atoms with Crippen LogP contribution < -0.4 is 5.32 Å². The van der Waals surface area contributed by atoms with E-state index in [0.29, 0.717) is 17.5 Å². The van der Waals surface area contributed by atoms with Crippen LogP contribution in [-0.2, 0) is 5.60 Å². The van der Waals surface area contributed by atoms with Crippen LogP contribution in [0.1, 0.15) is 33.5 Å². The fraction of sp³-hybridized carbons (Fsp3) is 0.200. The predicted octanol–water partition coefficient (Wildman–Crippen LogP) is 1.60. The minimum absolute atomic E-state index is 0.0487. The van der Waals surface area contributed by atoms with Gasteiger partial charge in [-0.05, 0) is 36.8 Å². The zero-order valence-corrected chi connectivity index (χ0v) is 11.4. The molecule has 1 atom stereocenters. The van der Waals surface area contributed by atoms with Crippen molar-refractivity contribution in [3.63, 3.8) is 0 Å². The molecule has 0 fully saturated rings. The van der Waals surface area contributed by atoms with Gasteiger partial charge in [-0.2, -0.15) is 0 Å². The molecule has 110 valence electrons. The van der Waals surface area contributed by atoms with Crippen molar-refractivity contribution in [1.29, 1.82) is 0 Å². The summed E-state index contributed by atoms with van der Waals surface area (Å²) in [6.45, 7) is 1.47. The minimum atomic E-state index is -1.33. The van der Waals surface area contributed by atoms with E-state index in [1.165, 1.54) is 43.3 Å². The number of amides is 1. The molecule has 1 aromatic carbocycles. The van der Waals surface area contributed by atoms with E-state index in [1.54, 1.807) is 0 Å². The molecule has 1 heterocycles. The number of hydrogen-bond acceptors (Lipinski definition) is 3. The third kappa shape index (κ3) is 3.55. The third-order valence-electron chi connectivity index (χ3n) is 3.14. The van der Waals surface area contributed by atoms with Gasteiger partial charge in [0.2, 0.25) is 0 Å². The summed E-state index contributed by atoms with van der Waals surface area (Å²) in [6.07, 6.45) is 0.603. The van der Waals surface area contributed by atoms with Crippen molar-refractivity contribution in [1.82, 2.24) is 10.3 Å². The highest BCUT2D eigenvalue weighted by Crippen LogP contribution is 2.20. The van der Waals surface area contributed by atoms with E-state index in [9.17, 15) is 19.1 Å². The summed E-state index contributed by atoms with van der Waals surface area (Å²) in [7, 11) is 0. The SMILES string of the molecule is CC(O)(CNC(=O)c1ccc(C=O)[nH]1)c1ccc(F)cc1. The third-order valence-corrected chi connectivity index (χ3v) is 3.14. The standard InChI is InChI=1S/C15H15FN2O3/c1-15(21,10-2-4-11(16)5-3-10)9-17-14(20)13-7-6-12(8-19)18-13/h2-8,18,21H,9H2,1H3,(H,17,20). The van der Waals surface area contributed by atoms with Crippen LogP contribution in [-0.4, -0.2) is 28.8 Å². The van der Waals surface area contributed by atoms with E-state index in [0.717, 1.165) is 0 Å². The lowest BCUT2D eigenvalue weighted by atomic mass is 9.96. The van der Waals surface area contributed by atoms with Crippen molar-refractivity contribution in [2.45, 2.75) is 12.5 Å². The van der Waals surface area contributed by atoms with E-state index in [1.807, 2.05) is 0 Å². The molecule has 0 aliphatic rings. The number of aromatic nitrogens is 1. The average Bonchev–Trinajstić information content (AvgIpc) is 2.94. The molecule has 0 aliphatic heterocycles. The Balaban J connectivity index is 2.02. The lowest BCUT2D eigenvalue weighted by Crippen LogP contribution is -2.38. The quantitative estimate of drug-likeness (QED) is 0.732. The molecule has 2 rings (SSSR count). The molecule has 0 spiro atoms. The summed E-state index contributed by atoms with van der Waals surface area (Å²) in [6, 6.07) is 8.37. The van der Waals surface area contributed by atoms with Crippen molar-refractivity contribution in [3.05, 3.63) is 59.2 Å². The number of aliphatic hydroxyl groups is 1. The Morgan fingerprint density at radius 2 is 2.00 bits per heavy atom. The lowest BCUT2D eigenvalue weighted by molar-refractivity contribution is 0.0524. The molecule has 1 amide bonds. The van der Waals surface area contributed by atoms with Crippen LogP contribution in [0, 0.1) is 5.82 Å². The Labute approximate surface area is 120 Å². The van der Waals surface area contributed by atoms with Gasteiger partial charge in [0.25, 0.3) is 5.91 Å². The van der Waals surface area contributed by atoms with Gasteiger partial charge >= 0.3 is 0 Å². The first-order valence-electron chi connectivity index (χ1n) is 6.33. The topological polar surface area (TPSA) is 82.2 Å². The Kier molecular flexibility index (Phi) is 4.18. The molecule has 3 N–H and O–H groups in total. The summed E-state index contributed by atoms with van der Waals surface area (Å²) in [5.74, 6) is -0.836. The number of carbonyl (C=O) groups excluding carboxylic acids is 2. The number of halogens is 1. The molecule has 0 radical (unpaired) electrons. The summed E-state index contributed by atoms with van der Waals surface area (Å²) in [5.41, 5.74) is -0.314. The van der Waals surface area contributed by atoms with Crippen molar-refractivity contribution in [3.8, 4) is 0 Å². The van der Waals surface area contributed by atoms with Crippen molar-refractivity contribution in [2.24, 2.45) is 0 Å². The first-order valence-corrected chi connectivity index (χ1v) is 6.33. The summed E-state index contributed by atoms with van der Waals surface area (Å²) < 4.78 is 12.9. The summed E-state index contributed by atoms with van der Waals surface area (Å²) in [5, 5.41) is 12.9. The molecular formula is C15H15FN2O3. The van der Waals surface area contributed by atoms with E-state index in [4.69, 9.17) is 0 Å². The Morgan fingerprint density at radius 3 is 2.57 bits per heavy atom. The second kappa shape index (κ2) is 5.88. The Bertz CT molecular complexity index is 647. The molecule has 21 heavy (non-hydrogen) atoms. The molecule has 0 saturated heterocycles. The maximum atomic E-state index is 12.9. The van der Waals surface area contributed by atoms with Crippen molar-refractivity contribution in [2.75, 3.05) is 6.54 Å². The predicted molar refractivity (Wildman–Crippen MR) is 74.5 cm³/mol. The highest BCUT2D eigenvalue weighted by molar-refractivity contribution is 5.93. The molecule has 2 aromatic rings. The summed E-state index contributed by atoms with van der Waals surface area (Å²) in [4.78, 5) is 25.0. The molecule has 1 aromatic heterocycles. The van der Waals surface area contributed by atoms with Gasteiger partial charge in [-0.15, -0.1) is 0 Å². The van der Waals surface area contributed by atoms with E-state index in [2.05, 4.69) is 10.3 Å². The maximum absolute atomic E-state index is 12.9. The van der Waals surface area contributed by atoms with Gasteiger partial charge < -0.3 is 15.4 Å². The van der Waals surface area contributed by atoms with Crippen molar-refractivity contribution < 1.29 is 19.1 Å². The van der Waals surface area contributed by atoms with Crippen molar-refractivity contribution >= 4 is 12.2 Å². The first kappa shape index (κ1) is 14.9. The van der Waals surface area contributed by atoms with Gasteiger partial charge in [-0.3, -0.25) is 9.59 Å². The number of aldehydes is 1. The normalized spacial score (nSPS) is 13.5. The average molecular weight is 290 g/mol. The molecule has 5 nitrogen and oxygen atoms in total. The number of nitrogens with one attached hydrogen (secondary N) is 2. The van der Waals surface area contributed by atoms with Gasteiger partial charge in [0.1, 0.15) is 17.1 Å². The number of benzene rings is 1. The van der Waals surface area contributed by atoms with Crippen LogP contribution in [0.25, 0.3) is 0 Å². The minimum Gasteiger partial charge on any atom is -0.384 e. The lowest BCUT2D eigenvalue weighted by Gasteiger charge is -2.24.